The molecular formula is C11H19NO6. The zero-order valence-corrected chi connectivity index (χ0v) is 10.7. The van der Waals surface area contributed by atoms with Crippen LogP contribution in [-0.4, -0.2) is 54.1 Å². The van der Waals surface area contributed by atoms with E-state index >= 15 is 0 Å². The average molecular weight is 261 g/mol. The van der Waals surface area contributed by atoms with Crippen LogP contribution in [0.1, 0.15) is 20.8 Å². The highest BCUT2D eigenvalue weighted by atomic mass is 16.8. The van der Waals surface area contributed by atoms with Crippen molar-refractivity contribution in [2.45, 2.75) is 57.2 Å². The van der Waals surface area contributed by atoms with Crippen LogP contribution in [0.4, 0.5) is 0 Å². The number of fused-ring (bicyclic) bond motifs is 1. The minimum atomic E-state index is -0.901. The molecule has 0 amide bonds. The lowest BCUT2D eigenvalue weighted by atomic mass is 10.1. The molecule has 0 aromatic carbocycles. The number of aliphatic hydroxyl groups is 1. The molecule has 2 fully saturated rings. The van der Waals surface area contributed by atoms with Crippen LogP contribution in [0.15, 0.2) is 0 Å². The van der Waals surface area contributed by atoms with Crippen molar-refractivity contribution in [3.05, 3.63) is 0 Å². The minimum Gasteiger partial charge on any atom is -0.464 e. The summed E-state index contributed by atoms with van der Waals surface area (Å²) in [5, 5.41) is 10.1. The highest BCUT2D eigenvalue weighted by Crippen LogP contribution is 2.37. The number of nitrogens with two attached hydrogens (primary N) is 1. The van der Waals surface area contributed by atoms with Crippen molar-refractivity contribution >= 4 is 5.97 Å². The van der Waals surface area contributed by atoms with Crippen LogP contribution in [0.3, 0.4) is 0 Å². The summed E-state index contributed by atoms with van der Waals surface area (Å²) in [5.41, 5.74) is 5.82. The topological polar surface area (TPSA) is 100 Å². The summed E-state index contributed by atoms with van der Waals surface area (Å²) in [4.78, 5) is 10.7. The second-order valence-corrected chi connectivity index (χ2v) is 5.03. The van der Waals surface area contributed by atoms with Gasteiger partial charge in [0, 0.05) is 6.92 Å². The average Bonchev–Trinajstić information content (AvgIpc) is 2.70. The van der Waals surface area contributed by atoms with Gasteiger partial charge in [-0.2, -0.15) is 0 Å². The van der Waals surface area contributed by atoms with Gasteiger partial charge < -0.3 is 29.8 Å². The van der Waals surface area contributed by atoms with Crippen LogP contribution in [0.2, 0.25) is 0 Å². The van der Waals surface area contributed by atoms with Gasteiger partial charge in [0.25, 0.3) is 0 Å². The van der Waals surface area contributed by atoms with E-state index in [1.165, 1.54) is 6.92 Å². The molecule has 2 saturated heterocycles. The van der Waals surface area contributed by atoms with Crippen molar-refractivity contribution in [1.82, 2.24) is 0 Å². The maximum atomic E-state index is 10.7. The number of hydrogen-bond donors (Lipinski definition) is 2. The van der Waals surface area contributed by atoms with E-state index in [1.807, 2.05) is 0 Å². The van der Waals surface area contributed by atoms with Gasteiger partial charge in [-0.1, -0.05) is 0 Å². The lowest BCUT2D eigenvalue weighted by Gasteiger charge is -2.26. The summed E-state index contributed by atoms with van der Waals surface area (Å²) < 4.78 is 21.3. The van der Waals surface area contributed by atoms with Crippen molar-refractivity contribution < 1.29 is 28.8 Å². The molecule has 0 spiro atoms. The highest BCUT2D eigenvalue weighted by Gasteiger charge is 2.55. The van der Waals surface area contributed by atoms with E-state index < -0.39 is 42.4 Å². The molecule has 0 aromatic heterocycles. The van der Waals surface area contributed by atoms with Gasteiger partial charge in [-0.05, 0) is 13.8 Å². The van der Waals surface area contributed by atoms with Gasteiger partial charge in [-0.3, -0.25) is 4.79 Å². The molecule has 2 aliphatic rings. The number of ether oxygens (including phenoxy) is 4. The molecule has 0 radical (unpaired) electrons. The van der Waals surface area contributed by atoms with E-state index in [2.05, 4.69) is 0 Å². The first-order chi connectivity index (χ1) is 8.30. The Hall–Kier alpha value is -0.730. The first kappa shape index (κ1) is 13.7. The molecule has 5 atom stereocenters. The maximum Gasteiger partial charge on any atom is 0.302 e. The van der Waals surface area contributed by atoms with Crippen molar-refractivity contribution in [1.29, 1.82) is 0 Å². The predicted molar refractivity (Wildman–Crippen MR) is 59.3 cm³/mol. The number of esters is 1. The third-order valence-corrected chi connectivity index (χ3v) is 2.95. The molecule has 0 aliphatic carbocycles. The number of hydrogen-bond acceptors (Lipinski definition) is 7. The molecule has 2 aliphatic heterocycles. The Kier molecular flexibility index (Phi) is 3.61. The molecule has 0 saturated carbocycles. The Morgan fingerprint density at radius 2 is 2.17 bits per heavy atom. The zero-order chi connectivity index (χ0) is 13.5. The van der Waals surface area contributed by atoms with Crippen molar-refractivity contribution in [3.8, 4) is 0 Å². The number of rotatable bonds is 3. The Balaban J connectivity index is 1.92. The summed E-state index contributed by atoms with van der Waals surface area (Å²) in [6.07, 6.45) is -2.77. The van der Waals surface area contributed by atoms with Gasteiger partial charge >= 0.3 is 5.97 Å². The zero-order valence-electron chi connectivity index (χ0n) is 10.7. The molecule has 7 heteroatoms. The third kappa shape index (κ3) is 2.65. The van der Waals surface area contributed by atoms with Crippen molar-refractivity contribution in [2.75, 3.05) is 6.61 Å². The fraction of sp³-hybridized carbons (Fsp3) is 0.909. The van der Waals surface area contributed by atoms with Crippen LogP contribution in [0.5, 0.6) is 0 Å². The molecule has 7 nitrogen and oxygen atoms in total. The number of carbonyl (C=O) groups excluding carboxylic acids is 1. The molecule has 104 valence electrons. The summed E-state index contributed by atoms with van der Waals surface area (Å²) in [6.45, 7) is 4.77. The smallest absolute Gasteiger partial charge is 0.302 e. The fourth-order valence-corrected chi connectivity index (χ4v) is 2.18. The molecule has 0 bridgehead atoms. The Bertz CT molecular complexity index is 333. The lowest BCUT2D eigenvalue weighted by molar-refractivity contribution is -0.218. The monoisotopic (exact) mass is 261 g/mol. The number of aliphatic hydroxyl groups excluding tert-OH is 1. The van der Waals surface area contributed by atoms with Gasteiger partial charge in [0.1, 0.15) is 24.9 Å². The first-order valence-corrected chi connectivity index (χ1v) is 5.88. The fourth-order valence-electron chi connectivity index (χ4n) is 2.18. The molecule has 0 unspecified atom stereocenters. The van der Waals surface area contributed by atoms with Gasteiger partial charge in [-0.15, -0.1) is 0 Å². The van der Waals surface area contributed by atoms with Gasteiger partial charge in [0.15, 0.2) is 12.1 Å². The van der Waals surface area contributed by atoms with Crippen LogP contribution < -0.4 is 5.73 Å². The van der Waals surface area contributed by atoms with E-state index in [0.29, 0.717) is 0 Å². The van der Waals surface area contributed by atoms with Crippen molar-refractivity contribution in [2.24, 2.45) is 5.73 Å². The summed E-state index contributed by atoms with van der Waals surface area (Å²) >= 11 is 0. The minimum absolute atomic E-state index is 0.0140. The van der Waals surface area contributed by atoms with Crippen LogP contribution >= 0.6 is 0 Å². The Morgan fingerprint density at radius 1 is 1.50 bits per heavy atom. The number of carbonyl (C=O) groups is 1. The van der Waals surface area contributed by atoms with Crippen molar-refractivity contribution in [3.63, 3.8) is 0 Å². The van der Waals surface area contributed by atoms with Gasteiger partial charge in [0.2, 0.25) is 0 Å². The lowest BCUT2D eigenvalue weighted by Crippen LogP contribution is -2.47. The van der Waals surface area contributed by atoms with Gasteiger partial charge in [0.05, 0.1) is 6.04 Å². The summed E-state index contributed by atoms with van der Waals surface area (Å²) in [6, 6.07) is -0.621. The highest BCUT2D eigenvalue weighted by molar-refractivity contribution is 5.65. The molecule has 3 N–H and O–H groups in total. The van der Waals surface area contributed by atoms with E-state index in [-0.39, 0.29) is 6.61 Å². The standard InChI is InChI=1S/C11H19NO6/c1-5(13)15-4-6(12)8-7(14)9-10(16-8)18-11(2,3)17-9/h6-10,14H,4,12H2,1-3H3/t6-,7-,8+,9+,10+/m0/s1. The van der Waals surface area contributed by atoms with E-state index in [9.17, 15) is 9.90 Å². The molecule has 2 heterocycles. The predicted octanol–water partition coefficient (Wildman–Crippen LogP) is -0.886. The maximum absolute atomic E-state index is 10.7. The SMILES string of the molecule is CC(=O)OC[C@H](N)[C@H]1O[C@@H]2OC(C)(C)O[C@@H]2[C@H]1O. The Labute approximate surface area is 105 Å². The van der Waals surface area contributed by atoms with Gasteiger partial charge in [-0.25, -0.2) is 0 Å². The normalized spacial score (nSPS) is 39.4. The summed E-state index contributed by atoms with van der Waals surface area (Å²) in [7, 11) is 0. The molecule has 0 aromatic rings. The second kappa shape index (κ2) is 4.75. The second-order valence-electron chi connectivity index (χ2n) is 5.03. The Morgan fingerprint density at radius 3 is 2.72 bits per heavy atom. The quantitative estimate of drug-likeness (QED) is 0.636. The van der Waals surface area contributed by atoms with E-state index in [1.54, 1.807) is 13.8 Å². The third-order valence-electron chi connectivity index (χ3n) is 2.95. The first-order valence-electron chi connectivity index (χ1n) is 5.88. The summed E-state index contributed by atoms with van der Waals surface area (Å²) in [5.74, 6) is -1.20. The molecule has 18 heavy (non-hydrogen) atoms. The molecule has 2 rings (SSSR count). The van der Waals surface area contributed by atoms with Crippen LogP contribution in [0, 0.1) is 0 Å². The van der Waals surface area contributed by atoms with Crippen LogP contribution in [0.25, 0.3) is 0 Å². The van der Waals surface area contributed by atoms with Crippen LogP contribution in [-0.2, 0) is 23.7 Å². The molecular weight excluding hydrogens is 242 g/mol. The van der Waals surface area contributed by atoms with E-state index in [4.69, 9.17) is 24.7 Å². The largest absolute Gasteiger partial charge is 0.464 e. The van der Waals surface area contributed by atoms with E-state index in [0.717, 1.165) is 0 Å².